The lowest BCUT2D eigenvalue weighted by atomic mass is 10.2. The highest BCUT2D eigenvalue weighted by molar-refractivity contribution is 7.99. The third-order valence-electron chi connectivity index (χ3n) is 5.36. The molecule has 0 aliphatic carbocycles. The van der Waals surface area contributed by atoms with Crippen molar-refractivity contribution in [2.45, 2.75) is 19.0 Å². The fourth-order valence-corrected chi connectivity index (χ4v) is 4.63. The van der Waals surface area contributed by atoms with Crippen molar-refractivity contribution in [3.63, 3.8) is 0 Å². The number of benzene rings is 2. The highest BCUT2D eigenvalue weighted by atomic mass is 32.2. The van der Waals surface area contributed by atoms with Crippen LogP contribution in [0.4, 0.5) is 5.69 Å². The number of rotatable bonds is 8. The summed E-state index contributed by atoms with van der Waals surface area (Å²) in [5.74, 6) is 2.16. The Morgan fingerprint density at radius 3 is 2.62 bits per heavy atom. The Hall–Kier alpha value is -3.85. The zero-order valence-electron chi connectivity index (χ0n) is 18.8. The molecule has 0 unspecified atom stereocenters. The third-order valence-corrected chi connectivity index (χ3v) is 6.27. The Balaban J connectivity index is 1.45. The van der Waals surface area contributed by atoms with Crippen LogP contribution in [-0.2, 0) is 4.79 Å². The summed E-state index contributed by atoms with van der Waals surface area (Å²) in [6.07, 6.45) is 1.61. The second-order valence-corrected chi connectivity index (χ2v) is 8.37. The predicted molar refractivity (Wildman–Crippen MR) is 132 cm³/mol. The first-order valence-electron chi connectivity index (χ1n) is 11.0. The average molecular weight is 474 g/mol. The molecular weight excluding hydrogens is 450 g/mol. The minimum Gasteiger partial charge on any atom is -0.494 e. The highest BCUT2D eigenvalue weighted by Crippen LogP contribution is 2.29. The van der Waals surface area contributed by atoms with E-state index in [1.807, 2.05) is 78.9 Å². The smallest absolute Gasteiger partial charge is 0.237 e. The van der Waals surface area contributed by atoms with Gasteiger partial charge in [-0.1, -0.05) is 23.9 Å². The van der Waals surface area contributed by atoms with E-state index in [0.29, 0.717) is 35.5 Å². The molecule has 0 saturated heterocycles. The van der Waals surface area contributed by atoms with Gasteiger partial charge in [-0.05, 0) is 62.4 Å². The van der Waals surface area contributed by atoms with Crippen LogP contribution >= 0.6 is 11.8 Å². The molecule has 8 nitrogen and oxygen atoms in total. The molecular formula is C25H23N5O3S. The van der Waals surface area contributed by atoms with Gasteiger partial charge >= 0.3 is 0 Å². The summed E-state index contributed by atoms with van der Waals surface area (Å²) in [6.45, 7) is 5.05. The Bertz CT molecular complexity index is 1430. The van der Waals surface area contributed by atoms with Crippen molar-refractivity contribution in [2.75, 3.05) is 23.8 Å². The molecule has 0 aliphatic rings. The number of carbonyl (C=O) groups is 1. The van der Waals surface area contributed by atoms with Gasteiger partial charge in [0.05, 0.1) is 24.1 Å². The summed E-state index contributed by atoms with van der Waals surface area (Å²) in [4.78, 5) is 19.7. The van der Waals surface area contributed by atoms with Crippen molar-refractivity contribution in [1.29, 1.82) is 0 Å². The number of carbonyl (C=O) groups excluding carboxylic acids is 1. The molecule has 3 aromatic heterocycles. The van der Waals surface area contributed by atoms with Crippen LogP contribution in [-0.4, -0.2) is 44.4 Å². The standard InChI is InChI=1S/C25H23N5O3S/c1-3-29(17-11-13-18(14-12-17)32-4-2)22(31)16-34-25-28-27-23-19-8-5-6-9-20(19)26-24(30(23)25)21-10-7-15-33-21/h5-15H,3-4,16H2,1-2H3. The summed E-state index contributed by atoms with van der Waals surface area (Å²) in [6, 6.07) is 19.0. The minimum atomic E-state index is -0.0262. The number of hydrogen-bond acceptors (Lipinski definition) is 7. The van der Waals surface area contributed by atoms with Gasteiger partial charge < -0.3 is 14.1 Å². The molecule has 3 heterocycles. The summed E-state index contributed by atoms with van der Waals surface area (Å²) >= 11 is 1.33. The lowest BCUT2D eigenvalue weighted by Crippen LogP contribution is -2.32. The molecule has 9 heteroatoms. The van der Waals surface area contributed by atoms with Crippen molar-refractivity contribution < 1.29 is 13.9 Å². The van der Waals surface area contributed by atoms with E-state index in [2.05, 4.69) is 10.2 Å². The molecule has 34 heavy (non-hydrogen) atoms. The number of furan rings is 1. The van der Waals surface area contributed by atoms with E-state index in [4.69, 9.17) is 14.1 Å². The Kier molecular flexibility index (Phi) is 6.18. The molecule has 0 aliphatic heterocycles. The first-order valence-corrected chi connectivity index (χ1v) is 12.0. The SMILES string of the molecule is CCOc1ccc(N(CC)C(=O)CSc2nnc3c4ccccc4nc(-c4ccco4)n23)cc1. The summed E-state index contributed by atoms with van der Waals surface area (Å²) in [7, 11) is 0. The van der Waals surface area contributed by atoms with Gasteiger partial charge in [0.2, 0.25) is 5.91 Å². The number of anilines is 1. The van der Waals surface area contributed by atoms with Gasteiger partial charge in [-0.25, -0.2) is 4.98 Å². The van der Waals surface area contributed by atoms with Gasteiger partial charge in [-0.3, -0.25) is 9.20 Å². The molecule has 0 radical (unpaired) electrons. The maximum absolute atomic E-state index is 13.1. The lowest BCUT2D eigenvalue weighted by molar-refractivity contribution is -0.116. The summed E-state index contributed by atoms with van der Waals surface area (Å²) in [5, 5.41) is 10.3. The van der Waals surface area contributed by atoms with Gasteiger partial charge in [0.1, 0.15) is 5.75 Å². The number of amides is 1. The first-order chi connectivity index (χ1) is 16.7. The Morgan fingerprint density at radius 1 is 1.06 bits per heavy atom. The molecule has 0 fully saturated rings. The van der Waals surface area contributed by atoms with E-state index in [1.54, 1.807) is 11.2 Å². The number of ether oxygens (including phenoxy) is 1. The lowest BCUT2D eigenvalue weighted by Gasteiger charge is -2.21. The maximum Gasteiger partial charge on any atom is 0.237 e. The maximum atomic E-state index is 13.1. The third kappa shape index (κ3) is 4.10. The number of para-hydroxylation sites is 1. The van der Waals surface area contributed by atoms with E-state index in [0.717, 1.165) is 22.3 Å². The zero-order chi connectivity index (χ0) is 23.5. The predicted octanol–water partition coefficient (Wildman–Crippen LogP) is 5.08. The van der Waals surface area contributed by atoms with E-state index in [-0.39, 0.29) is 11.7 Å². The topological polar surface area (TPSA) is 85.8 Å². The van der Waals surface area contributed by atoms with Crippen molar-refractivity contribution in [1.82, 2.24) is 19.6 Å². The van der Waals surface area contributed by atoms with Crippen LogP contribution in [0.2, 0.25) is 0 Å². The number of aromatic nitrogens is 4. The first kappa shape index (κ1) is 22.0. The van der Waals surface area contributed by atoms with E-state index >= 15 is 0 Å². The van der Waals surface area contributed by atoms with Crippen LogP contribution < -0.4 is 9.64 Å². The molecule has 172 valence electrons. The van der Waals surface area contributed by atoms with E-state index in [9.17, 15) is 4.79 Å². The van der Waals surface area contributed by atoms with Crippen LogP contribution in [0.3, 0.4) is 0 Å². The molecule has 0 saturated carbocycles. The molecule has 0 N–H and O–H groups in total. The average Bonchev–Trinajstić information content (AvgIpc) is 3.55. The summed E-state index contributed by atoms with van der Waals surface area (Å²) in [5.41, 5.74) is 2.30. The molecule has 5 aromatic rings. The molecule has 5 rings (SSSR count). The fraction of sp³-hybridized carbons (Fsp3) is 0.200. The Labute approximate surface area is 200 Å². The number of thioether (sulfide) groups is 1. The van der Waals surface area contributed by atoms with Crippen molar-refractivity contribution >= 4 is 39.9 Å². The van der Waals surface area contributed by atoms with Crippen molar-refractivity contribution in [3.05, 3.63) is 66.9 Å². The van der Waals surface area contributed by atoms with Gasteiger partial charge in [-0.15, -0.1) is 10.2 Å². The number of nitrogens with zero attached hydrogens (tertiary/aromatic N) is 5. The fourth-order valence-electron chi connectivity index (χ4n) is 3.82. The van der Waals surface area contributed by atoms with E-state index in [1.165, 1.54) is 11.8 Å². The second kappa shape index (κ2) is 9.56. The van der Waals surface area contributed by atoms with Gasteiger partial charge in [0, 0.05) is 17.6 Å². The van der Waals surface area contributed by atoms with Crippen LogP contribution in [0.5, 0.6) is 5.75 Å². The van der Waals surface area contributed by atoms with Crippen LogP contribution in [0.25, 0.3) is 28.1 Å². The molecule has 0 atom stereocenters. The molecule has 0 spiro atoms. The van der Waals surface area contributed by atoms with Gasteiger partial charge in [-0.2, -0.15) is 0 Å². The van der Waals surface area contributed by atoms with E-state index < -0.39 is 0 Å². The molecule has 0 bridgehead atoms. The zero-order valence-corrected chi connectivity index (χ0v) is 19.7. The second-order valence-electron chi connectivity index (χ2n) is 7.43. The Morgan fingerprint density at radius 2 is 1.88 bits per heavy atom. The minimum absolute atomic E-state index is 0.0262. The van der Waals surface area contributed by atoms with Gasteiger partial charge in [0.15, 0.2) is 22.4 Å². The van der Waals surface area contributed by atoms with Crippen LogP contribution in [0.15, 0.2) is 76.5 Å². The summed E-state index contributed by atoms with van der Waals surface area (Å²) < 4.78 is 13.0. The molecule has 2 aromatic carbocycles. The van der Waals surface area contributed by atoms with Crippen LogP contribution in [0.1, 0.15) is 13.8 Å². The van der Waals surface area contributed by atoms with Crippen molar-refractivity contribution in [2.24, 2.45) is 0 Å². The number of fused-ring (bicyclic) bond motifs is 3. The largest absolute Gasteiger partial charge is 0.494 e. The number of hydrogen-bond donors (Lipinski definition) is 0. The monoisotopic (exact) mass is 473 g/mol. The van der Waals surface area contributed by atoms with Crippen molar-refractivity contribution in [3.8, 4) is 17.3 Å². The normalized spacial score (nSPS) is 11.2. The van der Waals surface area contributed by atoms with Crippen LogP contribution in [0, 0.1) is 0 Å². The quantitative estimate of drug-likeness (QED) is 0.291. The van der Waals surface area contributed by atoms with Gasteiger partial charge in [0.25, 0.3) is 0 Å². The highest BCUT2D eigenvalue weighted by Gasteiger charge is 2.20. The molecule has 1 amide bonds.